The summed E-state index contributed by atoms with van der Waals surface area (Å²) in [6.45, 7) is 9.25. The minimum Gasteiger partial charge on any atom is -0.334 e. The van der Waals surface area contributed by atoms with Gasteiger partial charge in [-0.2, -0.15) is 0 Å². The molecule has 2 saturated carbocycles. The Hall–Kier alpha value is -3.92. The Labute approximate surface area is 255 Å². The van der Waals surface area contributed by atoms with Crippen molar-refractivity contribution in [2.45, 2.75) is 89.4 Å². The first-order chi connectivity index (χ1) is 21.1. The van der Waals surface area contributed by atoms with E-state index < -0.39 is 17.0 Å². The number of carbonyl (C=O) groups excluding carboxylic acids is 1. The number of hydrogen-bond donors (Lipinski definition) is 1. The highest BCUT2D eigenvalue weighted by Gasteiger charge is 2.52. The van der Waals surface area contributed by atoms with Gasteiger partial charge in [-0.15, -0.1) is 0 Å². The van der Waals surface area contributed by atoms with Crippen LogP contribution in [0.25, 0.3) is 22.3 Å². The number of aromatic nitrogens is 4. The number of imidazole rings is 1. The number of rotatable bonds is 6. The fourth-order valence-electron chi connectivity index (χ4n) is 8.09. The third-order valence-corrected chi connectivity index (χ3v) is 10.6. The Bertz CT molecular complexity index is 1790. The molecule has 1 saturated heterocycles. The number of amides is 1. The van der Waals surface area contributed by atoms with Crippen molar-refractivity contribution in [2.75, 3.05) is 16.8 Å². The van der Waals surface area contributed by atoms with Crippen LogP contribution < -0.4 is 10.2 Å². The molecule has 0 radical (unpaired) electrons. The van der Waals surface area contributed by atoms with Crippen LogP contribution in [0.4, 0.5) is 26.0 Å². The molecule has 2 bridgehead atoms. The van der Waals surface area contributed by atoms with E-state index in [1.165, 1.54) is 25.8 Å². The van der Waals surface area contributed by atoms with E-state index in [2.05, 4.69) is 26.3 Å². The van der Waals surface area contributed by atoms with Crippen molar-refractivity contribution >= 4 is 34.1 Å². The van der Waals surface area contributed by atoms with Gasteiger partial charge >= 0.3 is 0 Å². The van der Waals surface area contributed by atoms with Gasteiger partial charge in [0.1, 0.15) is 11.2 Å². The normalized spacial score (nSPS) is 25.7. The lowest BCUT2D eigenvalue weighted by atomic mass is 9.82. The summed E-state index contributed by atoms with van der Waals surface area (Å²) >= 11 is 0. The van der Waals surface area contributed by atoms with E-state index in [9.17, 15) is 13.6 Å². The van der Waals surface area contributed by atoms with Crippen LogP contribution in [0.15, 0.2) is 43.0 Å². The molecule has 8 rings (SSSR count). The van der Waals surface area contributed by atoms with Crippen LogP contribution in [-0.4, -0.2) is 55.0 Å². The number of nitrogens with one attached hydrogen (secondary N) is 1. The van der Waals surface area contributed by atoms with Crippen molar-refractivity contribution in [1.82, 2.24) is 24.4 Å². The van der Waals surface area contributed by atoms with Gasteiger partial charge in [0.05, 0.1) is 35.3 Å². The molecule has 10 heteroatoms. The second-order valence-electron chi connectivity index (χ2n) is 13.9. The second kappa shape index (κ2) is 9.79. The van der Waals surface area contributed by atoms with Gasteiger partial charge in [-0.1, -0.05) is 12.1 Å². The number of carbonyl (C=O) groups is 1. The summed E-state index contributed by atoms with van der Waals surface area (Å²) in [7, 11) is 0. The molecule has 5 heterocycles. The number of likely N-dealkylation sites (tertiary alicyclic amines) is 1. The molecule has 8 nitrogen and oxygen atoms in total. The van der Waals surface area contributed by atoms with Gasteiger partial charge in [-0.05, 0) is 83.4 Å². The molecule has 2 aliphatic carbocycles. The topological polar surface area (TPSA) is 79.2 Å². The summed E-state index contributed by atoms with van der Waals surface area (Å²) in [5, 5.41) is 2.90. The first-order valence-corrected chi connectivity index (χ1v) is 15.8. The number of hydrogen-bond acceptors (Lipinski definition) is 6. The monoisotopic (exact) mass is 597 g/mol. The van der Waals surface area contributed by atoms with E-state index in [1.807, 2.05) is 55.4 Å². The fourth-order valence-corrected chi connectivity index (χ4v) is 8.09. The summed E-state index contributed by atoms with van der Waals surface area (Å²) < 4.78 is 31.3. The Morgan fingerprint density at radius 3 is 2.45 bits per heavy atom. The van der Waals surface area contributed by atoms with E-state index in [-0.39, 0.29) is 23.7 Å². The van der Waals surface area contributed by atoms with Gasteiger partial charge in [0, 0.05) is 42.0 Å². The number of piperidine rings is 1. The summed E-state index contributed by atoms with van der Waals surface area (Å²) in [6.07, 6.45) is 9.69. The third-order valence-electron chi connectivity index (χ3n) is 10.6. The molecule has 4 aromatic rings. The van der Waals surface area contributed by atoms with Gasteiger partial charge in [-0.25, -0.2) is 18.7 Å². The van der Waals surface area contributed by atoms with Crippen molar-refractivity contribution in [3.8, 4) is 11.3 Å². The lowest BCUT2D eigenvalue weighted by Crippen LogP contribution is -2.57. The van der Waals surface area contributed by atoms with Crippen LogP contribution in [0.1, 0.15) is 71.4 Å². The number of benzene rings is 1. The number of pyridine rings is 2. The summed E-state index contributed by atoms with van der Waals surface area (Å²) in [5.74, 6) is -0.326. The van der Waals surface area contributed by atoms with Gasteiger partial charge in [0.2, 0.25) is 5.91 Å². The first-order valence-electron chi connectivity index (χ1n) is 15.8. The average molecular weight is 598 g/mol. The molecule has 44 heavy (non-hydrogen) atoms. The molecular formula is C34H37F2N7O. The maximum absolute atomic E-state index is 14.7. The first kappa shape index (κ1) is 27.6. The van der Waals surface area contributed by atoms with Gasteiger partial charge in [0.15, 0.2) is 17.5 Å². The lowest BCUT2D eigenvalue weighted by molar-refractivity contribution is -0.123. The largest absolute Gasteiger partial charge is 0.334 e. The van der Waals surface area contributed by atoms with Crippen LogP contribution in [0.5, 0.6) is 0 Å². The second-order valence-corrected chi connectivity index (χ2v) is 13.9. The predicted molar refractivity (Wildman–Crippen MR) is 166 cm³/mol. The lowest BCUT2D eigenvalue weighted by Gasteiger charge is -2.48. The van der Waals surface area contributed by atoms with Crippen molar-refractivity contribution in [2.24, 2.45) is 5.92 Å². The Kier molecular flexibility index (Phi) is 6.14. The van der Waals surface area contributed by atoms with Crippen LogP contribution in [0.3, 0.4) is 0 Å². The zero-order valence-corrected chi connectivity index (χ0v) is 25.5. The van der Waals surface area contributed by atoms with Gasteiger partial charge in [0.25, 0.3) is 0 Å². The van der Waals surface area contributed by atoms with Crippen LogP contribution >= 0.6 is 0 Å². The highest BCUT2D eigenvalue weighted by atomic mass is 19.1. The summed E-state index contributed by atoms with van der Waals surface area (Å²) in [5.41, 5.74) is 3.71. The van der Waals surface area contributed by atoms with E-state index in [0.29, 0.717) is 28.6 Å². The minimum atomic E-state index is -0.810. The maximum Gasteiger partial charge on any atom is 0.237 e. The molecule has 1 aromatic carbocycles. The molecule has 228 valence electrons. The smallest absolute Gasteiger partial charge is 0.237 e. The number of halogens is 2. The van der Waals surface area contributed by atoms with E-state index in [0.717, 1.165) is 54.0 Å². The molecule has 3 aromatic heterocycles. The number of nitrogens with zero attached hydrogens (tertiary/aromatic N) is 6. The average Bonchev–Trinajstić information content (AvgIpc) is 3.74. The SMILES string of the molecule is CC(C)n1cnc2cc(-c3ccc4c(c3)N([C@H]3C[C@@H](N5C[C@H]6CC[C@@H]5C6)C3)C(=O)C4(C)C)nc(Nc3c(F)cncc3F)c21. The van der Waals surface area contributed by atoms with Crippen LogP contribution in [0, 0.1) is 17.6 Å². The highest BCUT2D eigenvalue weighted by Crippen LogP contribution is 2.49. The zero-order chi connectivity index (χ0) is 30.5. The molecule has 1 amide bonds. The third kappa shape index (κ3) is 4.09. The van der Waals surface area contributed by atoms with Crippen molar-refractivity contribution in [3.63, 3.8) is 0 Å². The highest BCUT2D eigenvalue weighted by molar-refractivity contribution is 6.08. The number of anilines is 3. The van der Waals surface area contributed by atoms with Crippen molar-refractivity contribution < 1.29 is 13.6 Å². The van der Waals surface area contributed by atoms with E-state index in [1.54, 1.807) is 6.33 Å². The molecule has 0 unspecified atom stereocenters. The minimum absolute atomic E-state index is 0.0455. The molecule has 1 N–H and O–H groups in total. The van der Waals surface area contributed by atoms with Crippen LogP contribution in [-0.2, 0) is 10.2 Å². The molecule has 4 aliphatic rings. The maximum atomic E-state index is 14.7. The van der Waals surface area contributed by atoms with E-state index in [4.69, 9.17) is 4.98 Å². The number of fused-ring (bicyclic) bond motifs is 4. The Morgan fingerprint density at radius 1 is 1.00 bits per heavy atom. The Balaban J connectivity index is 1.17. The van der Waals surface area contributed by atoms with E-state index >= 15 is 0 Å². The van der Waals surface area contributed by atoms with Gasteiger partial charge < -0.3 is 14.8 Å². The molecule has 0 spiro atoms. The molecule has 2 atom stereocenters. The molecular weight excluding hydrogens is 560 g/mol. The summed E-state index contributed by atoms with van der Waals surface area (Å²) in [4.78, 5) is 31.8. The molecule has 3 fully saturated rings. The van der Waals surface area contributed by atoms with Crippen LogP contribution in [0.2, 0.25) is 0 Å². The van der Waals surface area contributed by atoms with Gasteiger partial charge in [-0.3, -0.25) is 14.7 Å². The molecule has 2 aliphatic heterocycles. The predicted octanol–water partition coefficient (Wildman–Crippen LogP) is 6.74. The zero-order valence-electron chi connectivity index (χ0n) is 25.5. The quantitative estimate of drug-likeness (QED) is 0.265. The summed E-state index contributed by atoms with van der Waals surface area (Å²) in [6, 6.07) is 9.47. The Morgan fingerprint density at radius 2 is 1.77 bits per heavy atom. The van der Waals surface area contributed by atoms with Crippen molar-refractivity contribution in [3.05, 3.63) is 60.2 Å². The fraction of sp³-hybridized carbons (Fsp3) is 0.471. The standard InChI is InChI=1S/C34H37F2N7O/c1-18(2)42-17-38-28-13-27(39-32(31(28)42)40-30-25(35)14-37-15-26(30)36)20-6-8-24-29(10-20)43(33(44)34(24,3)4)23-11-22(12-23)41-16-19-5-7-21(41)9-19/h6,8,10,13-15,17-19,21-23H,5,7,9,11-12,16H2,1-4H3,(H,37,39,40)/t19-,21+,22-,23+/m0/s1. The van der Waals surface area contributed by atoms with Crippen molar-refractivity contribution in [1.29, 1.82) is 0 Å².